The zero-order chi connectivity index (χ0) is 26.9. The lowest BCUT2D eigenvalue weighted by molar-refractivity contribution is -0.121. The van der Waals surface area contributed by atoms with E-state index < -0.39 is 23.5 Å². The maximum Gasteiger partial charge on any atom is 0.225 e. The van der Waals surface area contributed by atoms with E-state index in [2.05, 4.69) is 25.3 Å². The molecule has 0 aliphatic heterocycles. The third-order valence-electron chi connectivity index (χ3n) is 6.66. The van der Waals surface area contributed by atoms with E-state index in [4.69, 9.17) is 0 Å². The summed E-state index contributed by atoms with van der Waals surface area (Å²) in [7, 11) is 0. The Bertz CT molecular complexity index is 1810. The molecule has 0 aliphatic carbocycles. The molecule has 4 aromatic heterocycles. The van der Waals surface area contributed by atoms with Gasteiger partial charge in [0.05, 0.1) is 18.2 Å². The van der Waals surface area contributed by atoms with Crippen LogP contribution in [0.3, 0.4) is 0 Å². The zero-order valence-electron chi connectivity index (χ0n) is 20.5. The number of benzene rings is 2. The minimum absolute atomic E-state index is 0.0313. The van der Waals surface area contributed by atoms with Gasteiger partial charge in [0, 0.05) is 58.3 Å². The number of H-pyrrole nitrogens is 2. The molecule has 39 heavy (non-hydrogen) atoms. The number of fused-ring (bicyclic) bond motifs is 2. The molecule has 2 aromatic carbocycles. The number of carbonyl (C=O) groups excluding carboxylic acids is 1. The van der Waals surface area contributed by atoms with Gasteiger partial charge in [-0.1, -0.05) is 6.07 Å². The summed E-state index contributed by atoms with van der Waals surface area (Å²) in [5.41, 5.74) is 4.47. The van der Waals surface area contributed by atoms with Gasteiger partial charge in [0.15, 0.2) is 0 Å². The highest BCUT2D eigenvalue weighted by Crippen LogP contribution is 2.30. The van der Waals surface area contributed by atoms with Gasteiger partial charge in [-0.25, -0.2) is 18.2 Å². The minimum atomic E-state index is -0.723. The van der Waals surface area contributed by atoms with Crippen LogP contribution in [0.15, 0.2) is 85.5 Å². The van der Waals surface area contributed by atoms with Crippen LogP contribution < -0.4 is 5.32 Å². The maximum atomic E-state index is 14.1. The van der Waals surface area contributed by atoms with Gasteiger partial charge < -0.3 is 15.3 Å². The van der Waals surface area contributed by atoms with E-state index in [1.54, 1.807) is 36.9 Å². The van der Waals surface area contributed by atoms with E-state index in [1.807, 2.05) is 18.2 Å². The number of aromatic nitrogens is 4. The van der Waals surface area contributed by atoms with Crippen LogP contribution in [0.4, 0.5) is 13.2 Å². The molecule has 1 unspecified atom stereocenters. The molecule has 4 heterocycles. The highest BCUT2D eigenvalue weighted by molar-refractivity contribution is 5.89. The van der Waals surface area contributed by atoms with E-state index in [9.17, 15) is 18.0 Å². The number of carbonyl (C=O) groups is 1. The van der Waals surface area contributed by atoms with Crippen molar-refractivity contribution < 1.29 is 18.0 Å². The standard InChI is InChI=1S/C30H22F3N5O/c31-21-3-4-26-25(14-21)20(15-36-26)12-28(39)38-27(10-17-8-22(32)13-23(33)9-17)29-24(2-1-6-34-29)19-11-18-5-7-35-30(18)37-16-19/h1-9,11,13-16,27,36H,10,12H2,(H,35,37)(H,38,39). The summed E-state index contributed by atoms with van der Waals surface area (Å²) in [6.07, 6.45) is 6.84. The summed E-state index contributed by atoms with van der Waals surface area (Å²) < 4.78 is 42.0. The molecular weight excluding hydrogens is 503 g/mol. The second-order valence-electron chi connectivity index (χ2n) is 9.36. The number of nitrogens with zero attached hydrogens (tertiary/aromatic N) is 2. The number of amides is 1. The Hall–Kier alpha value is -4.92. The van der Waals surface area contributed by atoms with Crippen molar-refractivity contribution in [1.82, 2.24) is 25.3 Å². The summed E-state index contributed by atoms with van der Waals surface area (Å²) in [5.74, 6) is -2.17. The van der Waals surface area contributed by atoms with Crippen molar-refractivity contribution in [2.75, 3.05) is 0 Å². The van der Waals surface area contributed by atoms with Crippen LogP contribution in [0.1, 0.15) is 22.9 Å². The molecule has 6 nitrogen and oxygen atoms in total. The molecule has 6 rings (SSSR count). The van der Waals surface area contributed by atoms with Crippen LogP contribution in [0.25, 0.3) is 33.1 Å². The topological polar surface area (TPSA) is 86.5 Å². The molecule has 0 spiro atoms. The Kier molecular flexibility index (Phi) is 6.32. The summed E-state index contributed by atoms with van der Waals surface area (Å²) in [6.45, 7) is 0. The second kappa shape index (κ2) is 10.1. The monoisotopic (exact) mass is 525 g/mol. The smallest absolute Gasteiger partial charge is 0.225 e. The molecule has 0 bridgehead atoms. The van der Waals surface area contributed by atoms with Gasteiger partial charge in [-0.05, 0) is 66.1 Å². The summed E-state index contributed by atoms with van der Waals surface area (Å²) in [4.78, 5) is 28.5. The lowest BCUT2D eigenvalue weighted by Gasteiger charge is -2.21. The fourth-order valence-corrected chi connectivity index (χ4v) is 4.92. The number of nitrogens with one attached hydrogen (secondary N) is 3. The number of hydrogen-bond acceptors (Lipinski definition) is 3. The van der Waals surface area contributed by atoms with Crippen LogP contribution in [-0.2, 0) is 17.6 Å². The van der Waals surface area contributed by atoms with Crippen LogP contribution >= 0.6 is 0 Å². The molecule has 194 valence electrons. The molecule has 0 aliphatic rings. The van der Waals surface area contributed by atoms with E-state index >= 15 is 0 Å². The normalized spacial score (nSPS) is 12.2. The molecule has 1 atom stereocenters. The van der Waals surface area contributed by atoms with Gasteiger partial charge in [0.2, 0.25) is 5.91 Å². The quantitative estimate of drug-likeness (QED) is 0.233. The summed E-state index contributed by atoms with van der Waals surface area (Å²) >= 11 is 0. The number of rotatable bonds is 7. The van der Waals surface area contributed by atoms with E-state index in [-0.39, 0.29) is 18.7 Å². The van der Waals surface area contributed by atoms with Gasteiger partial charge in [0.1, 0.15) is 23.1 Å². The number of pyridine rings is 2. The van der Waals surface area contributed by atoms with Gasteiger partial charge in [0.25, 0.3) is 0 Å². The molecule has 1 amide bonds. The Balaban J connectivity index is 1.37. The molecular formula is C30H22F3N5O. The van der Waals surface area contributed by atoms with Crippen molar-refractivity contribution >= 4 is 27.8 Å². The highest BCUT2D eigenvalue weighted by Gasteiger charge is 2.22. The third-order valence-corrected chi connectivity index (χ3v) is 6.66. The number of hydrogen-bond donors (Lipinski definition) is 3. The highest BCUT2D eigenvalue weighted by atomic mass is 19.1. The van der Waals surface area contributed by atoms with Crippen LogP contribution in [0.5, 0.6) is 0 Å². The first-order valence-corrected chi connectivity index (χ1v) is 12.3. The van der Waals surface area contributed by atoms with Crippen molar-refractivity contribution in [2.45, 2.75) is 18.9 Å². The molecule has 3 N–H and O–H groups in total. The summed E-state index contributed by atoms with van der Waals surface area (Å²) in [5, 5.41) is 4.51. The molecule has 9 heteroatoms. The predicted octanol–water partition coefficient (Wildman–Crippen LogP) is 6.17. The van der Waals surface area contributed by atoms with Gasteiger partial charge in [-0.15, -0.1) is 0 Å². The van der Waals surface area contributed by atoms with Crippen molar-refractivity contribution in [3.63, 3.8) is 0 Å². The van der Waals surface area contributed by atoms with Crippen LogP contribution in [-0.4, -0.2) is 25.8 Å². The first kappa shape index (κ1) is 24.4. The lowest BCUT2D eigenvalue weighted by Crippen LogP contribution is -2.32. The largest absolute Gasteiger partial charge is 0.361 e. The Labute approximate surface area is 220 Å². The van der Waals surface area contributed by atoms with E-state index in [1.165, 1.54) is 24.3 Å². The average molecular weight is 526 g/mol. The van der Waals surface area contributed by atoms with Gasteiger partial charge in [-0.3, -0.25) is 9.78 Å². The molecule has 0 radical (unpaired) electrons. The van der Waals surface area contributed by atoms with Crippen molar-refractivity contribution in [3.8, 4) is 11.1 Å². The molecule has 0 fully saturated rings. The molecule has 0 saturated carbocycles. The first-order valence-electron chi connectivity index (χ1n) is 12.3. The third kappa shape index (κ3) is 5.11. The fourth-order valence-electron chi connectivity index (χ4n) is 4.92. The van der Waals surface area contributed by atoms with Gasteiger partial charge >= 0.3 is 0 Å². The van der Waals surface area contributed by atoms with E-state index in [0.29, 0.717) is 27.7 Å². The molecule has 6 aromatic rings. The number of aromatic amines is 2. The van der Waals surface area contributed by atoms with Crippen LogP contribution in [0, 0.1) is 17.5 Å². The minimum Gasteiger partial charge on any atom is -0.361 e. The lowest BCUT2D eigenvalue weighted by atomic mass is 9.95. The zero-order valence-corrected chi connectivity index (χ0v) is 20.5. The summed E-state index contributed by atoms with van der Waals surface area (Å²) in [6, 6.07) is 14.4. The first-order chi connectivity index (χ1) is 18.9. The van der Waals surface area contributed by atoms with Crippen LogP contribution in [0.2, 0.25) is 0 Å². The Morgan fingerprint density at radius 3 is 2.62 bits per heavy atom. The SMILES string of the molecule is O=C(Cc1c[nH]c2ccc(F)cc12)NC(Cc1cc(F)cc(F)c1)c1ncccc1-c1cnc2[nH]ccc2c1. The van der Waals surface area contributed by atoms with E-state index in [0.717, 1.165) is 28.2 Å². The second-order valence-corrected chi connectivity index (χ2v) is 9.36. The number of halogens is 3. The fraction of sp³-hybridized carbons (Fsp3) is 0.100. The van der Waals surface area contributed by atoms with Crippen molar-refractivity contribution in [3.05, 3.63) is 120 Å². The Morgan fingerprint density at radius 1 is 0.923 bits per heavy atom. The van der Waals surface area contributed by atoms with Crippen molar-refractivity contribution in [2.24, 2.45) is 0 Å². The maximum absolute atomic E-state index is 14.1. The average Bonchev–Trinajstić information content (AvgIpc) is 3.54. The Morgan fingerprint density at radius 2 is 1.77 bits per heavy atom. The molecule has 0 saturated heterocycles. The van der Waals surface area contributed by atoms with Crippen molar-refractivity contribution in [1.29, 1.82) is 0 Å². The predicted molar refractivity (Wildman–Crippen MR) is 142 cm³/mol. The van der Waals surface area contributed by atoms with Gasteiger partial charge in [-0.2, -0.15) is 0 Å².